The Hall–Kier alpha value is -0.820. The number of hydrogen-bond acceptors (Lipinski definition) is 4. The standard InChI is InChI=1S/C17H26BrN3O2.ClH/c1-23-15-5-6-16(18)13(10-15)12-21-9-3-2-4-14(21)11-20-17(22)7-8-19;/h5-6,10,14H,2-4,7-9,11-12,19H2,1H3,(H,20,22);1H. The number of ether oxygens (including phenoxy) is 1. The van der Waals surface area contributed by atoms with Crippen molar-refractivity contribution in [3.8, 4) is 5.75 Å². The van der Waals surface area contributed by atoms with Gasteiger partial charge in [0.05, 0.1) is 7.11 Å². The molecule has 1 aliphatic rings. The molecule has 1 unspecified atom stereocenters. The predicted octanol–water partition coefficient (Wildman–Crippen LogP) is 2.70. The number of nitrogens with one attached hydrogen (secondary N) is 1. The van der Waals surface area contributed by atoms with Gasteiger partial charge in [0.15, 0.2) is 0 Å². The molecule has 24 heavy (non-hydrogen) atoms. The monoisotopic (exact) mass is 419 g/mol. The molecular formula is C17H27BrClN3O2. The fourth-order valence-electron chi connectivity index (χ4n) is 2.97. The molecule has 1 aromatic rings. The van der Waals surface area contributed by atoms with Crippen LogP contribution >= 0.6 is 28.3 Å². The highest BCUT2D eigenvalue weighted by atomic mass is 79.9. The second-order valence-corrected chi connectivity index (χ2v) is 6.77. The minimum absolute atomic E-state index is 0. The lowest BCUT2D eigenvalue weighted by molar-refractivity contribution is -0.121. The summed E-state index contributed by atoms with van der Waals surface area (Å²) < 4.78 is 6.42. The molecule has 1 heterocycles. The summed E-state index contributed by atoms with van der Waals surface area (Å²) in [6.07, 6.45) is 3.93. The first-order valence-electron chi connectivity index (χ1n) is 8.17. The third-order valence-corrected chi connectivity index (χ3v) is 5.06. The summed E-state index contributed by atoms with van der Waals surface area (Å²) in [6, 6.07) is 6.43. The van der Waals surface area contributed by atoms with Crippen LogP contribution in [0.15, 0.2) is 22.7 Å². The summed E-state index contributed by atoms with van der Waals surface area (Å²) in [5.74, 6) is 0.911. The van der Waals surface area contributed by atoms with E-state index in [0.29, 0.717) is 25.6 Å². The van der Waals surface area contributed by atoms with E-state index in [1.807, 2.05) is 12.1 Å². The van der Waals surface area contributed by atoms with E-state index in [9.17, 15) is 4.79 Å². The molecule has 1 saturated heterocycles. The number of amides is 1. The van der Waals surface area contributed by atoms with Crippen LogP contribution in [0.3, 0.4) is 0 Å². The zero-order valence-electron chi connectivity index (χ0n) is 14.1. The quantitative estimate of drug-likeness (QED) is 0.712. The molecule has 0 aliphatic carbocycles. The van der Waals surface area contributed by atoms with Crippen LogP contribution in [0.5, 0.6) is 5.75 Å². The van der Waals surface area contributed by atoms with Gasteiger partial charge in [-0.1, -0.05) is 22.4 Å². The maximum atomic E-state index is 11.7. The zero-order valence-corrected chi connectivity index (χ0v) is 16.5. The summed E-state index contributed by atoms with van der Waals surface area (Å²) in [7, 11) is 1.68. The number of hydrogen-bond donors (Lipinski definition) is 2. The molecule has 5 nitrogen and oxygen atoms in total. The Kier molecular flexibility index (Phi) is 9.66. The minimum atomic E-state index is 0. The molecule has 3 N–H and O–H groups in total. The summed E-state index contributed by atoms with van der Waals surface area (Å²) >= 11 is 3.62. The molecule has 0 saturated carbocycles. The summed E-state index contributed by atoms with van der Waals surface area (Å²) in [4.78, 5) is 14.1. The summed E-state index contributed by atoms with van der Waals surface area (Å²) in [5.41, 5.74) is 6.64. The third-order valence-electron chi connectivity index (χ3n) is 4.28. The second kappa shape index (κ2) is 10.9. The van der Waals surface area contributed by atoms with Gasteiger partial charge in [0.1, 0.15) is 5.75 Å². The van der Waals surface area contributed by atoms with Gasteiger partial charge in [0, 0.05) is 36.6 Å². The number of rotatable bonds is 7. The van der Waals surface area contributed by atoms with Crippen molar-refractivity contribution in [3.05, 3.63) is 28.2 Å². The largest absolute Gasteiger partial charge is 0.497 e. The molecule has 1 aromatic carbocycles. The van der Waals surface area contributed by atoms with E-state index in [4.69, 9.17) is 10.5 Å². The fraction of sp³-hybridized carbons (Fsp3) is 0.588. The molecule has 1 aliphatic heterocycles. The lowest BCUT2D eigenvalue weighted by Gasteiger charge is -2.36. The lowest BCUT2D eigenvalue weighted by atomic mass is 10.0. The highest BCUT2D eigenvalue weighted by Gasteiger charge is 2.23. The smallest absolute Gasteiger partial charge is 0.221 e. The first-order chi connectivity index (χ1) is 11.1. The molecule has 0 spiro atoms. The van der Waals surface area contributed by atoms with E-state index in [2.05, 4.69) is 32.2 Å². The van der Waals surface area contributed by atoms with E-state index in [1.54, 1.807) is 7.11 Å². The van der Waals surface area contributed by atoms with Gasteiger partial charge < -0.3 is 15.8 Å². The second-order valence-electron chi connectivity index (χ2n) is 5.92. The average Bonchev–Trinajstić information content (AvgIpc) is 2.56. The van der Waals surface area contributed by atoms with Crippen molar-refractivity contribution in [1.29, 1.82) is 0 Å². The number of benzene rings is 1. The number of nitrogens with zero attached hydrogens (tertiary/aromatic N) is 1. The Balaban J connectivity index is 0.00000288. The number of carbonyl (C=O) groups excluding carboxylic acids is 1. The van der Waals surface area contributed by atoms with Crippen molar-refractivity contribution in [2.45, 2.75) is 38.3 Å². The predicted molar refractivity (Wildman–Crippen MR) is 103 cm³/mol. The fourth-order valence-corrected chi connectivity index (χ4v) is 3.34. The van der Waals surface area contributed by atoms with Gasteiger partial charge in [-0.3, -0.25) is 9.69 Å². The number of carbonyl (C=O) groups is 1. The summed E-state index contributed by atoms with van der Waals surface area (Å²) in [5, 5.41) is 3.01. The molecule has 1 fully saturated rings. The van der Waals surface area contributed by atoms with E-state index >= 15 is 0 Å². The van der Waals surface area contributed by atoms with E-state index < -0.39 is 0 Å². The molecule has 0 bridgehead atoms. The maximum absolute atomic E-state index is 11.7. The van der Waals surface area contributed by atoms with Crippen LogP contribution in [0.1, 0.15) is 31.2 Å². The zero-order chi connectivity index (χ0) is 16.7. The molecule has 0 aromatic heterocycles. The number of methoxy groups -OCH3 is 1. The SMILES string of the molecule is COc1ccc(Br)c(CN2CCCCC2CNC(=O)CCN)c1.Cl. The first kappa shape index (κ1) is 21.2. The van der Waals surface area contributed by atoms with E-state index in [1.165, 1.54) is 18.4 Å². The van der Waals surface area contributed by atoms with Crippen molar-refractivity contribution in [1.82, 2.24) is 10.2 Å². The molecule has 0 radical (unpaired) electrons. The minimum Gasteiger partial charge on any atom is -0.497 e. The Morgan fingerprint density at radius 3 is 2.96 bits per heavy atom. The highest BCUT2D eigenvalue weighted by molar-refractivity contribution is 9.10. The molecule has 1 atom stereocenters. The Morgan fingerprint density at radius 2 is 2.25 bits per heavy atom. The van der Waals surface area contributed by atoms with Gasteiger partial charge in [0.25, 0.3) is 0 Å². The van der Waals surface area contributed by atoms with Crippen LogP contribution in [0, 0.1) is 0 Å². The van der Waals surface area contributed by atoms with Gasteiger partial charge in [-0.25, -0.2) is 0 Å². The normalized spacial score (nSPS) is 17.9. The van der Waals surface area contributed by atoms with E-state index in [0.717, 1.165) is 29.7 Å². The first-order valence-corrected chi connectivity index (χ1v) is 8.96. The van der Waals surface area contributed by atoms with Crippen LogP contribution in [0.4, 0.5) is 0 Å². The third kappa shape index (κ3) is 6.24. The topological polar surface area (TPSA) is 67.6 Å². The highest BCUT2D eigenvalue weighted by Crippen LogP contribution is 2.26. The van der Waals surface area contributed by atoms with Crippen molar-refractivity contribution >= 4 is 34.2 Å². The summed E-state index contributed by atoms with van der Waals surface area (Å²) in [6.45, 7) is 3.01. The van der Waals surface area contributed by atoms with Crippen molar-refractivity contribution < 1.29 is 9.53 Å². The van der Waals surface area contributed by atoms with Crippen molar-refractivity contribution in [2.24, 2.45) is 5.73 Å². The van der Waals surface area contributed by atoms with E-state index in [-0.39, 0.29) is 18.3 Å². The number of nitrogens with two attached hydrogens (primary N) is 1. The molecule has 1 amide bonds. The van der Waals surface area contributed by atoms with Crippen LogP contribution < -0.4 is 15.8 Å². The van der Waals surface area contributed by atoms with Crippen LogP contribution in [0.25, 0.3) is 0 Å². The van der Waals surface area contributed by atoms with Crippen LogP contribution in [-0.4, -0.2) is 43.6 Å². The van der Waals surface area contributed by atoms with Crippen molar-refractivity contribution in [3.63, 3.8) is 0 Å². The number of likely N-dealkylation sites (tertiary alicyclic amines) is 1. The Labute approximate surface area is 158 Å². The van der Waals surface area contributed by atoms with Crippen LogP contribution in [-0.2, 0) is 11.3 Å². The van der Waals surface area contributed by atoms with Gasteiger partial charge in [0.2, 0.25) is 5.91 Å². The van der Waals surface area contributed by atoms with Crippen molar-refractivity contribution in [2.75, 3.05) is 26.7 Å². The molecule has 2 rings (SSSR count). The van der Waals surface area contributed by atoms with Gasteiger partial charge >= 0.3 is 0 Å². The molecule has 7 heteroatoms. The van der Waals surface area contributed by atoms with Crippen LogP contribution in [0.2, 0.25) is 0 Å². The van der Waals surface area contributed by atoms with Gasteiger partial charge in [-0.05, 0) is 43.1 Å². The maximum Gasteiger partial charge on any atom is 0.221 e. The molecular weight excluding hydrogens is 394 g/mol. The average molecular weight is 421 g/mol. The van der Waals surface area contributed by atoms with Gasteiger partial charge in [-0.2, -0.15) is 0 Å². The Bertz CT molecular complexity index is 531. The Morgan fingerprint density at radius 1 is 1.46 bits per heavy atom. The lowest BCUT2D eigenvalue weighted by Crippen LogP contribution is -2.46. The molecule has 136 valence electrons. The number of halogens is 2. The van der Waals surface area contributed by atoms with Gasteiger partial charge in [-0.15, -0.1) is 12.4 Å². The number of piperidine rings is 1.